The zero-order valence-electron chi connectivity index (χ0n) is 10.7. The van der Waals surface area contributed by atoms with E-state index >= 15 is 0 Å². The fourth-order valence-electron chi connectivity index (χ4n) is 1.74. The van der Waals surface area contributed by atoms with Gasteiger partial charge in [0, 0.05) is 11.8 Å². The second kappa shape index (κ2) is 6.36. The molecular weight excluding hydrogens is 297 g/mol. The third-order valence-electron chi connectivity index (χ3n) is 2.75. The Bertz CT molecular complexity index is 705. The van der Waals surface area contributed by atoms with Gasteiger partial charge < -0.3 is 5.11 Å². The molecule has 5 nitrogen and oxygen atoms in total. The number of halogens is 1. The molecule has 2 aromatic rings. The number of hydrogen-bond acceptors (Lipinski definition) is 4. The van der Waals surface area contributed by atoms with Crippen molar-refractivity contribution in [3.05, 3.63) is 69.5 Å². The van der Waals surface area contributed by atoms with Crippen LogP contribution in [0.3, 0.4) is 0 Å². The van der Waals surface area contributed by atoms with Gasteiger partial charge in [0.1, 0.15) is 5.82 Å². The van der Waals surface area contributed by atoms with E-state index in [1.807, 2.05) is 0 Å². The van der Waals surface area contributed by atoms with Gasteiger partial charge in [-0.05, 0) is 17.7 Å². The van der Waals surface area contributed by atoms with E-state index in [-0.39, 0.29) is 17.0 Å². The minimum atomic E-state index is -1.34. The molecule has 0 atom stereocenters. The van der Waals surface area contributed by atoms with Crippen LogP contribution in [0.2, 0.25) is 0 Å². The molecule has 2 aromatic carbocycles. The summed E-state index contributed by atoms with van der Waals surface area (Å²) >= 11 is 1.09. The number of hydrogen-bond donors (Lipinski definition) is 1. The van der Waals surface area contributed by atoms with Crippen LogP contribution in [0.5, 0.6) is 0 Å². The average Bonchev–Trinajstić information content (AvgIpc) is 2.46. The molecule has 0 heterocycles. The third-order valence-corrected chi connectivity index (χ3v) is 3.87. The molecular formula is C14H10FNO4S. The van der Waals surface area contributed by atoms with Crippen LogP contribution in [0.15, 0.2) is 47.4 Å². The molecule has 0 saturated carbocycles. The van der Waals surface area contributed by atoms with Crippen molar-refractivity contribution in [2.75, 3.05) is 0 Å². The predicted molar refractivity (Wildman–Crippen MR) is 76.0 cm³/mol. The summed E-state index contributed by atoms with van der Waals surface area (Å²) in [6, 6.07) is 10.2. The van der Waals surface area contributed by atoms with Crippen molar-refractivity contribution in [3.8, 4) is 0 Å². The van der Waals surface area contributed by atoms with Crippen LogP contribution in [0, 0.1) is 15.9 Å². The van der Waals surface area contributed by atoms with Crippen molar-refractivity contribution >= 4 is 23.4 Å². The molecule has 2 rings (SSSR count). The molecule has 0 amide bonds. The molecule has 108 valence electrons. The minimum Gasteiger partial charge on any atom is -0.478 e. The van der Waals surface area contributed by atoms with E-state index in [2.05, 4.69) is 0 Å². The number of aromatic carboxylic acids is 1. The zero-order chi connectivity index (χ0) is 15.4. The van der Waals surface area contributed by atoms with E-state index in [0.29, 0.717) is 4.90 Å². The molecule has 0 radical (unpaired) electrons. The summed E-state index contributed by atoms with van der Waals surface area (Å²) in [7, 11) is 0. The maximum absolute atomic E-state index is 14.0. The Kier molecular flexibility index (Phi) is 4.54. The van der Waals surface area contributed by atoms with Crippen molar-refractivity contribution in [1.29, 1.82) is 0 Å². The van der Waals surface area contributed by atoms with Gasteiger partial charge in [0.2, 0.25) is 0 Å². The lowest BCUT2D eigenvalue weighted by atomic mass is 10.1. The van der Waals surface area contributed by atoms with Crippen LogP contribution in [-0.4, -0.2) is 16.0 Å². The number of nitro groups is 1. The summed E-state index contributed by atoms with van der Waals surface area (Å²) in [5.41, 5.74) is -0.272. The van der Waals surface area contributed by atoms with Crippen LogP contribution in [0.1, 0.15) is 15.9 Å². The monoisotopic (exact) mass is 307 g/mol. The average molecular weight is 307 g/mol. The van der Waals surface area contributed by atoms with Gasteiger partial charge in [0.05, 0.1) is 15.4 Å². The molecule has 0 unspecified atom stereocenters. The summed E-state index contributed by atoms with van der Waals surface area (Å²) in [5.74, 6) is -2.04. The predicted octanol–water partition coefficient (Wildman–Crippen LogP) is 3.72. The molecule has 0 aromatic heterocycles. The molecule has 7 heteroatoms. The van der Waals surface area contributed by atoms with Crippen molar-refractivity contribution in [2.45, 2.75) is 10.6 Å². The van der Waals surface area contributed by atoms with Gasteiger partial charge in [-0.15, -0.1) is 11.8 Å². The molecule has 0 aliphatic carbocycles. The number of para-hydroxylation sites is 1. The lowest BCUT2D eigenvalue weighted by Gasteiger charge is -2.06. The maximum Gasteiger partial charge on any atom is 0.338 e. The number of carboxylic acid groups (broad SMARTS) is 1. The first kappa shape index (κ1) is 15.0. The Morgan fingerprint density at radius 2 is 1.95 bits per heavy atom. The molecule has 0 aliphatic rings. The zero-order valence-corrected chi connectivity index (χ0v) is 11.5. The molecule has 0 spiro atoms. The quantitative estimate of drug-likeness (QED) is 0.517. The SMILES string of the molecule is O=C(O)c1cccc(CSc2ccccc2[N+](=O)[O-])c1F. The van der Waals surface area contributed by atoms with Crippen LogP contribution in [0.4, 0.5) is 10.1 Å². The van der Waals surface area contributed by atoms with Crippen molar-refractivity contribution in [2.24, 2.45) is 0 Å². The highest BCUT2D eigenvalue weighted by Crippen LogP contribution is 2.32. The fraction of sp³-hybridized carbons (Fsp3) is 0.0714. The summed E-state index contributed by atoms with van der Waals surface area (Å²) in [6.07, 6.45) is 0. The number of nitro benzene ring substituents is 1. The molecule has 1 N–H and O–H groups in total. The molecule has 0 fully saturated rings. The van der Waals surface area contributed by atoms with Gasteiger partial charge in [-0.25, -0.2) is 9.18 Å². The van der Waals surface area contributed by atoms with Crippen LogP contribution in [-0.2, 0) is 5.75 Å². The lowest BCUT2D eigenvalue weighted by Crippen LogP contribution is -2.03. The standard InChI is InChI=1S/C14H10FNO4S/c15-13-9(4-3-5-10(13)14(17)18)8-21-12-7-2-1-6-11(12)16(19)20/h1-7H,8H2,(H,17,18). The highest BCUT2D eigenvalue weighted by atomic mass is 32.2. The fourth-order valence-corrected chi connectivity index (χ4v) is 2.74. The van der Waals surface area contributed by atoms with Gasteiger partial charge in [0.25, 0.3) is 5.69 Å². The maximum atomic E-state index is 14.0. The topological polar surface area (TPSA) is 80.4 Å². The summed E-state index contributed by atoms with van der Waals surface area (Å²) in [4.78, 5) is 21.6. The summed E-state index contributed by atoms with van der Waals surface area (Å²) in [6.45, 7) is 0. The number of thioether (sulfide) groups is 1. The minimum absolute atomic E-state index is 0.0581. The van der Waals surface area contributed by atoms with Gasteiger partial charge in [-0.2, -0.15) is 0 Å². The van der Waals surface area contributed by atoms with E-state index in [1.54, 1.807) is 18.2 Å². The van der Waals surface area contributed by atoms with E-state index in [9.17, 15) is 19.3 Å². The van der Waals surface area contributed by atoms with Gasteiger partial charge >= 0.3 is 5.97 Å². The molecule has 0 saturated heterocycles. The Morgan fingerprint density at radius 3 is 2.62 bits per heavy atom. The number of nitrogens with zero attached hydrogens (tertiary/aromatic N) is 1. The van der Waals surface area contributed by atoms with Gasteiger partial charge in [-0.3, -0.25) is 10.1 Å². The normalized spacial score (nSPS) is 10.3. The molecule has 21 heavy (non-hydrogen) atoms. The smallest absolute Gasteiger partial charge is 0.338 e. The van der Waals surface area contributed by atoms with Crippen molar-refractivity contribution < 1.29 is 19.2 Å². The van der Waals surface area contributed by atoms with Crippen molar-refractivity contribution in [1.82, 2.24) is 0 Å². The van der Waals surface area contributed by atoms with Crippen molar-refractivity contribution in [3.63, 3.8) is 0 Å². The van der Waals surface area contributed by atoms with Crippen LogP contribution in [0.25, 0.3) is 0 Å². The Balaban J connectivity index is 2.23. The summed E-state index contributed by atoms with van der Waals surface area (Å²) in [5, 5.41) is 19.7. The van der Waals surface area contributed by atoms with E-state index in [1.165, 1.54) is 24.3 Å². The first-order valence-corrected chi connectivity index (χ1v) is 6.86. The Morgan fingerprint density at radius 1 is 1.24 bits per heavy atom. The van der Waals surface area contributed by atoms with E-state index in [4.69, 9.17) is 5.11 Å². The molecule has 0 aliphatic heterocycles. The number of carbonyl (C=O) groups is 1. The third kappa shape index (κ3) is 3.38. The summed E-state index contributed by atoms with van der Waals surface area (Å²) < 4.78 is 14.0. The first-order chi connectivity index (χ1) is 10.0. The highest BCUT2D eigenvalue weighted by molar-refractivity contribution is 7.98. The second-order valence-corrected chi connectivity index (χ2v) is 5.11. The largest absolute Gasteiger partial charge is 0.478 e. The van der Waals surface area contributed by atoms with E-state index < -0.39 is 22.3 Å². The van der Waals surface area contributed by atoms with E-state index in [0.717, 1.165) is 11.8 Å². The number of benzene rings is 2. The lowest BCUT2D eigenvalue weighted by molar-refractivity contribution is -0.387. The first-order valence-electron chi connectivity index (χ1n) is 5.87. The van der Waals surface area contributed by atoms with Crippen LogP contribution < -0.4 is 0 Å². The molecule has 0 bridgehead atoms. The number of rotatable bonds is 5. The van der Waals surface area contributed by atoms with Crippen LogP contribution >= 0.6 is 11.8 Å². The second-order valence-electron chi connectivity index (χ2n) is 4.10. The Labute approximate surface area is 123 Å². The highest BCUT2D eigenvalue weighted by Gasteiger charge is 2.16. The van der Waals surface area contributed by atoms with Gasteiger partial charge in [0.15, 0.2) is 0 Å². The van der Waals surface area contributed by atoms with Gasteiger partial charge in [-0.1, -0.05) is 24.3 Å². The Hall–Kier alpha value is -2.41. The number of carboxylic acids is 1.